The Balaban J connectivity index is 1.59. The summed E-state index contributed by atoms with van der Waals surface area (Å²) in [5.41, 5.74) is 1.57. The first kappa shape index (κ1) is 20.7. The fourth-order valence-electron chi connectivity index (χ4n) is 3.08. The molecule has 0 unspecified atom stereocenters. The number of benzene rings is 2. The van der Waals surface area contributed by atoms with Crippen LogP contribution in [0.2, 0.25) is 0 Å². The van der Waals surface area contributed by atoms with Crippen molar-refractivity contribution in [2.24, 2.45) is 0 Å². The van der Waals surface area contributed by atoms with Crippen LogP contribution in [0.1, 0.15) is 11.3 Å². The van der Waals surface area contributed by atoms with E-state index in [0.717, 1.165) is 5.56 Å². The second-order valence-electron chi connectivity index (χ2n) is 6.80. The maximum atomic E-state index is 12.6. The van der Waals surface area contributed by atoms with Gasteiger partial charge in [0, 0.05) is 0 Å². The highest BCUT2D eigenvalue weighted by Gasteiger charge is 2.21. The molecule has 0 aliphatic carbocycles. The lowest BCUT2D eigenvalue weighted by molar-refractivity contribution is 0.355. The Hall–Kier alpha value is -3.59. The summed E-state index contributed by atoms with van der Waals surface area (Å²) >= 11 is 0. The van der Waals surface area contributed by atoms with Crippen LogP contribution in [0, 0.1) is 6.92 Å². The van der Waals surface area contributed by atoms with Crippen LogP contribution < -0.4 is 9.47 Å². The average molecular weight is 440 g/mol. The Morgan fingerprint density at radius 2 is 1.74 bits per heavy atom. The minimum Gasteiger partial charge on any atom is -0.493 e. The first-order valence-electron chi connectivity index (χ1n) is 9.35. The molecular formula is C22H20N2O6S. The van der Waals surface area contributed by atoms with Gasteiger partial charge in [-0.3, -0.25) is 0 Å². The van der Waals surface area contributed by atoms with Gasteiger partial charge in [0.05, 0.1) is 24.7 Å². The van der Waals surface area contributed by atoms with E-state index in [0.29, 0.717) is 17.1 Å². The smallest absolute Gasteiger partial charge is 0.293 e. The monoisotopic (exact) mass is 440 g/mol. The van der Waals surface area contributed by atoms with Crippen molar-refractivity contribution in [2.45, 2.75) is 17.6 Å². The fourth-order valence-corrected chi connectivity index (χ4v) is 4.33. The summed E-state index contributed by atoms with van der Waals surface area (Å²) in [4.78, 5) is 4.59. The molecule has 0 saturated heterocycles. The molecule has 8 nitrogen and oxygen atoms in total. The van der Waals surface area contributed by atoms with E-state index in [1.807, 2.05) is 6.92 Å². The summed E-state index contributed by atoms with van der Waals surface area (Å²) in [6, 6.07) is 15.2. The van der Waals surface area contributed by atoms with Crippen LogP contribution >= 0.6 is 0 Å². The number of para-hydroxylation sites is 1. The van der Waals surface area contributed by atoms with Crippen LogP contribution in [0.25, 0.3) is 23.0 Å². The van der Waals surface area contributed by atoms with Crippen LogP contribution in [0.4, 0.5) is 0 Å². The summed E-state index contributed by atoms with van der Waals surface area (Å²) in [5, 5.41) is 3.99. The van der Waals surface area contributed by atoms with Gasteiger partial charge in [0.25, 0.3) is 5.89 Å². The van der Waals surface area contributed by atoms with Crippen LogP contribution in [0.5, 0.6) is 11.5 Å². The van der Waals surface area contributed by atoms with Crippen LogP contribution in [0.3, 0.4) is 0 Å². The number of furan rings is 1. The molecule has 0 saturated carbocycles. The van der Waals surface area contributed by atoms with E-state index in [2.05, 4.69) is 10.1 Å². The molecule has 2 heterocycles. The third-order valence-corrected chi connectivity index (χ3v) is 6.31. The molecule has 0 amide bonds. The van der Waals surface area contributed by atoms with E-state index in [9.17, 15) is 8.42 Å². The van der Waals surface area contributed by atoms with Crippen molar-refractivity contribution in [3.8, 4) is 34.5 Å². The Labute approximate surface area is 179 Å². The Morgan fingerprint density at radius 1 is 0.968 bits per heavy atom. The molecular weight excluding hydrogens is 420 g/mol. The van der Waals surface area contributed by atoms with Gasteiger partial charge in [-0.1, -0.05) is 28.9 Å². The first-order valence-corrected chi connectivity index (χ1v) is 11.0. The van der Waals surface area contributed by atoms with Gasteiger partial charge in [0.2, 0.25) is 5.82 Å². The van der Waals surface area contributed by atoms with Crippen molar-refractivity contribution >= 4 is 9.84 Å². The van der Waals surface area contributed by atoms with Gasteiger partial charge in [0.15, 0.2) is 27.1 Å². The number of rotatable bonds is 7. The molecule has 4 rings (SSSR count). The fraction of sp³-hybridized carbons (Fsp3) is 0.182. The predicted octanol–water partition coefficient (Wildman–Crippen LogP) is 4.30. The minimum absolute atomic E-state index is 0.124. The second kappa shape index (κ2) is 8.27. The molecule has 160 valence electrons. The van der Waals surface area contributed by atoms with Gasteiger partial charge in [-0.05, 0) is 43.3 Å². The number of aromatic nitrogens is 2. The van der Waals surface area contributed by atoms with E-state index >= 15 is 0 Å². The summed E-state index contributed by atoms with van der Waals surface area (Å²) in [6.07, 6.45) is 0. The largest absolute Gasteiger partial charge is 0.493 e. The van der Waals surface area contributed by atoms with Crippen molar-refractivity contribution in [3.63, 3.8) is 0 Å². The minimum atomic E-state index is -3.54. The topological polar surface area (TPSA) is 105 Å². The highest BCUT2D eigenvalue weighted by molar-refractivity contribution is 7.90. The number of methoxy groups -OCH3 is 2. The molecule has 0 radical (unpaired) electrons. The third-order valence-electron chi connectivity index (χ3n) is 4.65. The SMILES string of the molecule is COc1cccc(-c2noc(-c3ccc(CS(=O)(=O)c4ccc(C)cc4)o3)n2)c1OC. The molecule has 0 aliphatic rings. The normalized spacial score (nSPS) is 11.5. The van der Waals surface area contributed by atoms with E-state index in [-0.39, 0.29) is 33.9 Å². The zero-order valence-electron chi connectivity index (χ0n) is 17.2. The lowest BCUT2D eigenvalue weighted by atomic mass is 10.1. The molecule has 0 aliphatic heterocycles. The highest BCUT2D eigenvalue weighted by atomic mass is 32.2. The average Bonchev–Trinajstić information content (AvgIpc) is 3.42. The zero-order chi connectivity index (χ0) is 22.0. The number of nitrogens with zero attached hydrogens (tertiary/aromatic N) is 2. The van der Waals surface area contributed by atoms with E-state index in [4.69, 9.17) is 18.4 Å². The van der Waals surface area contributed by atoms with E-state index < -0.39 is 9.84 Å². The molecule has 9 heteroatoms. The van der Waals surface area contributed by atoms with Crippen molar-refractivity contribution < 1.29 is 26.8 Å². The van der Waals surface area contributed by atoms with Gasteiger partial charge in [-0.25, -0.2) is 8.42 Å². The molecule has 0 spiro atoms. The summed E-state index contributed by atoms with van der Waals surface area (Å²) in [6.45, 7) is 1.90. The van der Waals surface area contributed by atoms with Gasteiger partial charge in [-0.15, -0.1) is 0 Å². The van der Waals surface area contributed by atoms with Gasteiger partial charge >= 0.3 is 0 Å². The third kappa shape index (κ3) is 4.17. The highest BCUT2D eigenvalue weighted by Crippen LogP contribution is 2.37. The summed E-state index contributed by atoms with van der Waals surface area (Å²) in [7, 11) is -0.481. The van der Waals surface area contributed by atoms with Crippen molar-refractivity contribution in [3.05, 3.63) is 65.9 Å². The summed E-state index contributed by atoms with van der Waals surface area (Å²) in [5.74, 6) is 1.69. The van der Waals surface area contributed by atoms with Crippen molar-refractivity contribution in [2.75, 3.05) is 14.2 Å². The number of hydrogen-bond donors (Lipinski definition) is 0. The van der Waals surface area contributed by atoms with Crippen LogP contribution in [-0.2, 0) is 15.6 Å². The molecule has 4 aromatic rings. The molecule has 2 aromatic heterocycles. The Morgan fingerprint density at radius 3 is 2.45 bits per heavy atom. The lowest BCUT2D eigenvalue weighted by Gasteiger charge is -2.09. The molecule has 0 fully saturated rings. The molecule has 0 bridgehead atoms. The maximum Gasteiger partial charge on any atom is 0.293 e. The number of sulfone groups is 1. The molecule has 0 N–H and O–H groups in total. The van der Waals surface area contributed by atoms with Crippen molar-refractivity contribution in [1.29, 1.82) is 0 Å². The zero-order valence-corrected chi connectivity index (χ0v) is 18.0. The second-order valence-corrected chi connectivity index (χ2v) is 8.79. The first-order chi connectivity index (χ1) is 14.9. The molecule has 2 aromatic carbocycles. The lowest BCUT2D eigenvalue weighted by Crippen LogP contribution is -2.04. The Kier molecular flexibility index (Phi) is 5.51. The van der Waals surface area contributed by atoms with Gasteiger partial charge < -0.3 is 18.4 Å². The Bertz CT molecular complexity index is 1310. The van der Waals surface area contributed by atoms with E-state index in [1.54, 1.807) is 61.7 Å². The van der Waals surface area contributed by atoms with Crippen molar-refractivity contribution in [1.82, 2.24) is 10.1 Å². The van der Waals surface area contributed by atoms with Gasteiger partial charge in [0.1, 0.15) is 11.5 Å². The predicted molar refractivity (Wildman–Crippen MR) is 113 cm³/mol. The quantitative estimate of drug-likeness (QED) is 0.419. The van der Waals surface area contributed by atoms with Crippen LogP contribution in [0.15, 0.2) is 68.4 Å². The number of aryl methyl sites for hydroxylation is 1. The molecule has 0 atom stereocenters. The summed E-state index contributed by atoms with van der Waals surface area (Å²) < 4.78 is 47.0. The standard InChI is InChI=1S/C22H20N2O6S/c1-14-7-10-16(11-8-14)31(25,26)13-15-9-12-19(29-15)22-23-21(24-30-22)17-5-4-6-18(27-2)20(17)28-3/h4-12H,13H2,1-3H3. The molecule has 31 heavy (non-hydrogen) atoms. The maximum absolute atomic E-state index is 12.6. The van der Waals surface area contributed by atoms with E-state index in [1.165, 1.54) is 7.11 Å². The van der Waals surface area contributed by atoms with Crippen LogP contribution in [-0.4, -0.2) is 32.8 Å². The van der Waals surface area contributed by atoms with Gasteiger partial charge in [-0.2, -0.15) is 4.98 Å². The number of ether oxygens (including phenoxy) is 2. The number of hydrogen-bond acceptors (Lipinski definition) is 8.